The molecule has 0 bridgehead atoms. The maximum atomic E-state index is 8.95. The minimum absolute atomic E-state index is 0.632. The van der Waals surface area contributed by atoms with Crippen molar-refractivity contribution in [1.29, 1.82) is 0 Å². The van der Waals surface area contributed by atoms with Crippen LogP contribution in [0.25, 0.3) is 0 Å². The zero-order valence-corrected chi connectivity index (χ0v) is 15.3. The van der Waals surface area contributed by atoms with Crippen LogP contribution < -0.4 is 0 Å². The Labute approximate surface area is 138 Å². The summed E-state index contributed by atoms with van der Waals surface area (Å²) in [6.07, 6.45) is 19.8. The molecule has 0 rings (SSSR count). The van der Waals surface area contributed by atoms with Gasteiger partial charge in [-0.15, -0.1) is 0 Å². The minimum atomic E-state index is -0.632. The highest BCUT2D eigenvalue weighted by Gasteiger charge is 2.02. The van der Waals surface area contributed by atoms with E-state index in [0.717, 1.165) is 18.8 Å². The highest BCUT2D eigenvalue weighted by Crippen LogP contribution is 2.18. The third-order valence-corrected chi connectivity index (χ3v) is 4.66. The van der Waals surface area contributed by atoms with E-state index in [-0.39, 0.29) is 0 Å². The average Bonchev–Trinajstić information content (AvgIpc) is 2.45. The zero-order valence-electron chi connectivity index (χ0n) is 14.6. The van der Waals surface area contributed by atoms with Crippen LogP contribution in [-0.2, 0) is 0 Å². The molecule has 0 spiro atoms. The van der Waals surface area contributed by atoms with Gasteiger partial charge in [-0.1, -0.05) is 109 Å². The molecular formula is C19H39ClO. The Bertz CT molecular complexity index is 194. The van der Waals surface area contributed by atoms with Gasteiger partial charge in [0.15, 0.2) is 0 Å². The number of aliphatic hydroxyl groups excluding tert-OH is 1. The summed E-state index contributed by atoms with van der Waals surface area (Å²) in [5, 5.41) is 8.95. The van der Waals surface area contributed by atoms with Gasteiger partial charge in [0.05, 0.1) is 0 Å². The summed E-state index contributed by atoms with van der Waals surface area (Å²) in [6.45, 7) is 4.71. The molecular weight excluding hydrogens is 280 g/mol. The molecule has 2 atom stereocenters. The predicted molar refractivity (Wildman–Crippen MR) is 96.0 cm³/mol. The molecule has 0 saturated carbocycles. The molecule has 0 aromatic carbocycles. The number of rotatable bonds is 16. The van der Waals surface area contributed by atoms with E-state index in [0.29, 0.717) is 0 Å². The van der Waals surface area contributed by atoms with Crippen LogP contribution in [0, 0.1) is 5.92 Å². The zero-order chi connectivity index (χ0) is 15.8. The van der Waals surface area contributed by atoms with Crippen LogP contribution in [0.15, 0.2) is 0 Å². The van der Waals surface area contributed by atoms with Crippen molar-refractivity contribution < 1.29 is 5.11 Å². The molecule has 0 aliphatic heterocycles. The van der Waals surface area contributed by atoms with Gasteiger partial charge in [-0.2, -0.15) is 0 Å². The first-order chi connectivity index (χ1) is 10.2. The number of unbranched alkanes of at least 4 members (excludes halogenated alkanes) is 10. The quantitative estimate of drug-likeness (QED) is 0.239. The first-order valence-corrected chi connectivity index (χ1v) is 9.92. The lowest BCUT2D eigenvalue weighted by molar-refractivity contribution is 0.240. The van der Waals surface area contributed by atoms with E-state index in [9.17, 15) is 0 Å². The topological polar surface area (TPSA) is 20.2 Å². The van der Waals surface area contributed by atoms with Crippen molar-refractivity contribution in [3.63, 3.8) is 0 Å². The minimum Gasteiger partial charge on any atom is -0.378 e. The van der Waals surface area contributed by atoms with Gasteiger partial charge in [-0.05, 0) is 18.8 Å². The normalized spacial score (nSPS) is 14.3. The Morgan fingerprint density at radius 2 is 1.05 bits per heavy atom. The smallest absolute Gasteiger partial charge is 0.128 e. The van der Waals surface area contributed by atoms with Gasteiger partial charge in [0.2, 0.25) is 0 Å². The molecule has 0 aliphatic carbocycles. The van der Waals surface area contributed by atoms with Gasteiger partial charge in [0.25, 0.3) is 0 Å². The Balaban J connectivity index is 3.14. The van der Waals surface area contributed by atoms with Crippen molar-refractivity contribution >= 4 is 11.6 Å². The Kier molecular flexibility index (Phi) is 16.8. The Morgan fingerprint density at radius 1 is 0.667 bits per heavy atom. The summed E-state index contributed by atoms with van der Waals surface area (Å²) in [7, 11) is 0. The van der Waals surface area contributed by atoms with E-state index >= 15 is 0 Å². The third-order valence-electron chi connectivity index (χ3n) is 4.44. The van der Waals surface area contributed by atoms with Crippen LogP contribution in [0.4, 0.5) is 0 Å². The Hall–Kier alpha value is 0.250. The summed E-state index contributed by atoms with van der Waals surface area (Å²) in [5.41, 5.74) is -0.632. The van der Waals surface area contributed by atoms with E-state index < -0.39 is 5.56 Å². The summed E-state index contributed by atoms with van der Waals surface area (Å²) in [4.78, 5) is 0. The van der Waals surface area contributed by atoms with Crippen LogP contribution in [0.2, 0.25) is 0 Å². The van der Waals surface area contributed by atoms with Crippen LogP contribution >= 0.6 is 11.6 Å². The van der Waals surface area contributed by atoms with Gasteiger partial charge in [0.1, 0.15) is 5.56 Å². The first-order valence-electron chi connectivity index (χ1n) is 9.49. The van der Waals surface area contributed by atoms with E-state index in [2.05, 4.69) is 13.8 Å². The maximum absolute atomic E-state index is 8.95. The monoisotopic (exact) mass is 318 g/mol. The van der Waals surface area contributed by atoms with Gasteiger partial charge >= 0.3 is 0 Å². The molecule has 1 nitrogen and oxygen atoms in total. The summed E-state index contributed by atoms with van der Waals surface area (Å²) < 4.78 is 0. The van der Waals surface area contributed by atoms with Crippen molar-refractivity contribution in [3.8, 4) is 0 Å². The average molecular weight is 319 g/mol. The molecule has 0 aromatic rings. The molecule has 0 radical (unpaired) electrons. The summed E-state index contributed by atoms with van der Waals surface area (Å²) in [5.74, 6) is 0.919. The van der Waals surface area contributed by atoms with Crippen LogP contribution in [0.3, 0.4) is 0 Å². The van der Waals surface area contributed by atoms with Crippen LogP contribution in [0.1, 0.15) is 110 Å². The van der Waals surface area contributed by atoms with E-state index in [1.54, 1.807) is 0 Å². The number of hydrogen-bond acceptors (Lipinski definition) is 1. The third kappa shape index (κ3) is 18.2. The molecule has 0 aromatic heterocycles. The number of aliphatic hydroxyl groups is 1. The van der Waals surface area contributed by atoms with E-state index in [4.69, 9.17) is 16.7 Å². The maximum Gasteiger partial charge on any atom is 0.128 e. The standard InChI is InChI=1S/C19H39ClO/c1-3-4-5-6-9-12-15-18(2)16-13-10-7-8-11-14-17-19(20)21/h18-19,21H,3-17H2,1-2H3. The van der Waals surface area contributed by atoms with E-state index in [1.165, 1.54) is 83.5 Å². The van der Waals surface area contributed by atoms with Gasteiger partial charge in [0, 0.05) is 0 Å². The van der Waals surface area contributed by atoms with Crippen molar-refractivity contribution in [3.05, 3.63) is 0 Å². The van der Waals surface area contributed by atoms with Crippen molar-refractivity contribution in [2.45, 2.75) is 116 Å². The second-order valence-corrected chi connectivity index (χ2v) is 7.30. The fourth-order valence-corrected chi connectivity index (χ4v) is 3.08. The molecule has 2 unspecified atom stereocenters. The lowest BCUT2D eigenvalue weighted by Crippen LogP contribution is -1.96. The fourth-order valence-electron chi connectivity index (χ4n) is 2.93. The van der Waals surface area contributed by atoms with Crippen LogP contribution in [-0.4, -0.2) is 10.7 Å². The van der Waals surface area contributed by atoms with Crippen molar-refractivity contribution in [2.24, 2.45) is 5.92 Å². The van der Waals surface area contributed by atoms with Crippen LogP contribution in [0.5, 0.6) is 0 Å². The fraction of sp³-hybridized carbons (Fsp3) is 1.00. The predicted octanol–water partition coefficient (Wildman–Crippen LogP) is 7.05. The number of hydrogen-bond donors (Lipinski definition) is 1. The Morgan fingerprint density at radius 3 is 1.48 bits per heavy atom. The second-order valence-electron chi connectivity index (χ2n) is 6.79. The molecule has 2 heteroatoms. The molecule has 1 N–H and O–H groups in total. The highest BCUT2D eigenvalue weighted by atomic mass is 35.5. The summed E-state index contributed by atoms with van der Waals surface area (Å²) >= 11 is 5.51. The molecule has 0 amide bonds. The second kappa shape index (κ2) is 16.6. The molecule has 21 heavy (non-hydrogen) atoms. The molecule has 0 aliphatic rings. The molecule has 0 heterocycles. The van der Waals surface area contributed by atoms with Gasteiger partial charge in [-0.3, -0.25) is 0 Å². The number of halogens is 1. The van der Waals surface area contributed by atoms with E-state index in [1.807, 2.05) is 0 Å². The molecule has 0 saturated heterocycles. The lowest BCUT2D eigenvalue weighted by atomic mass is 9.96. The SMILES string of the molecule is CCCCCCCCC(C)CCCCCCCCC(O)Cl. The van der Waals surface area contributed by atoms with Crippen molar-refractivity contribution in [2.75, 3.05) is 0 Å². The largest absolute Gasteiger partial charge is 0.378 e. The highest BCUT2D eigenvalue weighted by molar-refractivity contribution is 6.19. The molecule has 128 valence electrons. The van der Waals surface area contributed by atoms with Crippen molar-refractivity contribution in [1.82, 2.24) is 0 Å². The lowest BCUT2D eigenvalue weighted by Gasteiger charge is -2.11. The van der Waals surface area contributed by atoms with Gasteiger partial charge in [-0.25, -0.2) is 0 Å². The molecule has 0 fully saturated rings. The number of alkyl halides is 1. The first kappa shape index (κ1) is 21.2. The summed E-state index contributed by atoms with van der Waals surface area (Å²) in [6, 6.07) is 0. The van der Waals surface area contributed by atoms with Gasteiger partial charge < -0.3 is 5.11 Å².